The maximum Gasteiger partial charge on any atom is 0.326 e. The van der Waals surface area contributed by atoms with E-state index in [2.05, 4.69) is 20.4 Å². The van der Waals surface area contributed by atoms with Crippen molar-refractivity contribution in [2.45, 2.75) is 32.9 Å². The number of hydrogen-bond donors (Lipinski definition) is 2. The fourth-order valence-electron chi connectivity index (χ4n) is 3.24. The van der Waals surface area contributed by atoms with Crippen molar-refractivity contribution in [2.24, 2.45) is 0 Å². The first-order chi connectivity index (χ1) is 14.0. The molecule has 29 heavy (non-hydrogen) atoms. The summed E-state index contributed by atoms with van der Waals surface area (Å²) in [6.07, 6.45) is 0.290. The minimum atomic E-state index is -0.151. The van der Waals surface area contributed by atoms with Crippen LogP contribution in [0.2, 0.25) is 0 Å². The minimum Gasteiger partial charge on any atom is -0.347 e. The summed E-state index contributed by atoms with van der Waals surface area (Å²) in [6, 6.07) is 15.1. The van der Waals surface area contributed by atoms with Crippen LogP contribution in [-0.2, 0) is 17.8 Å². The molecule has 8 nitrogen and oxygen atoms in total. The zero-order chi connectivity index (χ0) is 20.4. The third-order valence-corrected chi connectivity index (χ3v) is 4.60. The van der Waals surface area contributed by atoms with E-state index >= 15 is 0 Å². The number of aromatic nitrogens is 4. The summed E-state index contributed by atoms with van der Waals surface area (Å²) in [5.74, 6) is 0.595. The molecule has 4 rings (SSSR count). The smallest absolute Gasteiger partial charge is 0.326 e. The van der Waals surface area contributed by atoms with Gasteiger partial charge in [0.25, 0.3) is 0 Å². The summed E-state index contributed by atoms with van der Waals surface area (Å²) >= 11 is 0. The summed E-state index contributed by atoms with van der Waals surface area (Å²) in [5, 5.41) is 6.76. The number of rotatable bonds is 6. The number of nitrogens with one attached hydrogen (secondary N) is 2. The van der Waals surface area contributed by atoms with Crippen LogP contribution in [-0.4, -0.2) is 25.6 Å². The lowest BCUT2D eigenvalue weighted by atomic mass is 10.1. The summed E-state index contributed by atoms with van der Waals surface area (Å²) in [4.78, 5) is 31.4. The van der Waals surface area contributed by atoms with E-state index in [1.165, 1.54) is 0 Å². The van der Waals surface area contributed by atoms with Crippen molar-refractivity contribution < 1.29 is 9.32 Å². The molecule has 0 unspecified atom stereocenters. The lowest BCUT2D eigenvalue weighted by Gasteiger charge is -2.06. The van der Waals surface area contributed by atoms with Gasteiger partial charge in [0.1, 0.15) is 0 Å². The molecule has 148 valence electrons. The van der Waals surface area contributed by atoms with Crippen LogP contribution in [0.1, 0.15) is 31.3 Å². The van der Waals surface area contributed by atoms with Crippen LogP contribution in [0, 0.1) is 0 Å². The average molecular weight is 391 g/mol. The van der Waals surface area contributed by atoms with E-state index in [-0.39, 0.29) is 24.2 Å². The lowest BCUT2D eigenvalue weighted by Crippen LogP contribution is -2.24. The van der Waals surface area contributed by atoms with Crippen LogP contribution in [0.5, 0.6) is 0 Å². The van der Waals surface area contributed by atoms with Crippen molar-refractivity contribution in [1.82, 2.24) is 25.0 Å². The van der Waals surface area contributed by atoms with Crippen LogP contribution < -0.4 is 11.0 Å². The Bertz CT molecular complexity index is 1200. The van der Waals surface area contributed by atoms with Gasteiger partial charge in [-0.2, -0.15) is 4.98 Å². The molecule has 0 bridgehead atoms. The molecule has 8 heteroatoms. The number of imidazole rings is 1. The van der Waals surface area contributed by atoms with Crippen molar-refractivity contribution >= 4 is 16.9 Å². The molecule has 0 aliphatic carbocycles. The topological polar surface area (TPSA) is 106 Å². The van der Waals surface area contributed by atoms with Gasteiger partial charge in [-0.3, -0.25) is 9.36 Å². The molecule has 4 aromatic rings. The first-order valence-electron chi connectivity index (χ1n) is 9.39. The highest BCUT2D eigenvalue weighted by atomic mass is 16.5. The molecule has 2 N–H and O–H groups in total. The van der Waals surface area contributed by atoms with E-state index in [9.17, 15) is 9.59 Å². The second-order valence-electron chi connectivity index (χ2n) is 7.08. The molecule has 0 fully saturated rings. The molecular formula is C21H21N5O3. The fraction of sp³-hybridized carbons (Fsp3) is 0.238. The number of nitrogens with zero attached hydrogens (tertiary/aromatic N) is 3. The van der Waals surface area contributed by atoms with Gasteiger partial charge in [0.15, 0.2) is 0 Å². The Hall–Kier alpha value is -3.68. The van der Waals surface area contributed by atoms with Gasteiger partial charge in [-0.05, 0) is 37.6 Å². The molecule has 2 aromatic heterocycles. The van der Waals surface area contributed by atoms with Crippen molar-refractivity contribution in [1.29, 1.82) is 0 Å². The maximum atomic E-state index is 12.1. The number of carbonyl (C=O) groups is 1. The number of hydrogen-bond acceptors (Lipinski definition) is 5. The van der Waals surface area contributed by atoms with E-state index in [1.54, 1.807) is 4.57 Å². The molecule has 0 spiro atoms. The Morgan fingerprint density at radius 1 is 1.21 bits per heavy atom. The molecule has 2 aromatic carbocycles. The Kier molecular flexibility index (Phi) is 4.99. The summed E-state index contributed by atoms with van der Waals surface area (Å²) in [7, 11) is 0. The van der Waals surface area contributed by atoms with Crippen molar-refractivity contribution in [2.75, 3.05) is 0 Å². The highest BCUT2D eigenvalue weighted by Gasteiger charge is 2.14. The summed E-state index contributed by atoms with van der Waals surface area (Å²) in [6.45, 7) is 4.07. The van der Waals surface area contributed by atoms with E-state index in [4.69, 9.17) is 4.52 Å². The van der Waals surface area contributed by atoms with Crippen LogP contribution in [0.25, 0.3) is 22.4 Å². The number of benzene rings is 2. The predicted octanol–water partition coefficient (Wildman–Crippen LogP) is 2.82. The van der Waals surface area contributed by atoms with E-state index in [0.29, 0.717) is 23.7 Å². The monoisotopic (exact) mass is 391 g/mol. The molecule has 1 amide bonds. The predicted molar refractivity (Wildman–Crippen MR) is 108 cm³/mol. The first kappa shape index (κ1) is 18.7. The highest BCUT2D eigenvalue weighted by Crippen LogP contribution is 2.22. The second kappa shape index (κ2) is 7.75. The molecule has 2 heterocycles. The molecular weight excluding hydrogens is 370 g/mol. The molecule has 0 aliphatic heterocycles. The second-order valence-corrected chi connectivity index (χ2v) is 7.08. The third-order valence-electron chi connectivity index (χ3n) is 4.60. The van der Waals surface area contributed by atoms with Gasteiger partial charge in [0, 0.05) is 11.6 Å². The normalized spacial score (nSPS) is 11.3. The Morgan fingerprint density at radius 2 is 2.00 bits per heavy atom. The van der Waals surface area contributed by atoms with E-state index < -0.39 is 0 Å². The Labute approximate surface area is 166 Å². The van der Waals surface area contributed by atoms with Gasteiger partial charge in [-0.15, -0.1) is 0 Å². The summed E-state index contributed by atoms with van der Waals surface area (Å²) in [5.41, 5.74) is 3.04. The van der Waals surface area contributed by atoms with Crippen molar-refractivity contribution in [3.05, 3.63) is 70.5 Å². The minimum absolute atomic E-state index is 0.0541. The van der Waals surface area contributed by atoms with Crippen LogP contribution in [0.4, 0.5) is 0 Å². The Balaban J connectivity index is 1.46. The van der Waals surface area contributed by atoms with Gasteiger partial charge in [0.2, 0.25) is 17.6 Å². The van der Waals surface area contributed by atoms with E-state index in [0.717, 1.165) is 16.6 Å². The zero-order valence-corrected chi connectivity index (χ0v) is 16.2. The van der Waals surface area contributed by atoms with E-state index in [1.807, 2.05) is 62.4 Å². The van der Waals surface area contributed by atoms with Crippen LogP contribution >= 0.6 is 0 Å². The van der Waals surface area contributed by atoms with Crippen molar-refractivity contribution in [3.63, 3.8) is 0 Å². The van der Waals surface area contributed by atoms with Gasteiger partial charge in [-0.25, -0.2) is 4.79 Å². The largest absolute Gasteiger partial charge is 0.347 e. The first-order valence-corrected chi connectivity index (χ1v) is 9.39. The number of amides is 1. The zero-order valence-electron chi connectivity index (χ0n) is 16.2. The standard InChI is InChI=1S/C21H21N5O3/c1-13(2)26-17-9-8-15(11-16(17)23-21(26)28)20-24-19(29-25-20)12-22-18(27)10-14-6-4-3-5-7-14/h3-9,11,13H,10,12H2,1-2H3,(H,22,27)(H,23,28). The average Bonchev–Trinajstić information content (AvgIpc) is 3.30. The maximum absolute atomic E-state index is 12.1. The highest BCUT2D eigenvalue weighted by molar-refractivity contribution is 5.81. The van der Waals surface area contributed by atoms with Gasteiger partial charge < -0.3 is 14.8 Å². The number of fused-ring (bicyclic) bond motifs is 1. The third kappa shape index (κ3) is 3.96. The fourth-order valence-corrected chi connectivity index (χ4v) is 3.24. The van der Waals surface area contributed by atoms with Crippen molar-refractivity contribution in [3.8, 4) is 11.4 Å². The number of carbonyl (C=O) groups excluding carboxylic acids is 1. The molecule has 0 atom stereocenters. The summed E-state index contributed by atoms with van der Waals surface area (Å²) < 4.78 is 6.94. The molecule has 0 radical (unpaired) electrons. The van der Waals surface area contributed by atoms with Gasteiger partial charge in [0.05, 0.1) is 24.0 Å². The quantitative estimate of drug-likeness (QED) is 0.526. The molecule has 0 saturated carbocycles. The number of aromatic amines is 1. The van der Waals surface area contributed by atoms with Gasteiger partial charge in [-0.1, -0.05) is 35.5 Å². The lowest BCUT2D eigenvalue weighted by molar-refractivity contribution is -0.120. The SMILES string of the molecule is CC(C)n1c(=O)[nH]c2cc(-c3noc(CNC(=O)Cc4ccccc4)n3)ccc21. The Morgan fingerprint density at radius 3 is 2.76 bits per heavy atom. The van der Waals surface area contributed by atoms with Gasteiger partial charge >= 0.3 is 5.69 Å². The van der Waals surface area contributed by atoms with Crippen LogP contribution in [0.15, 0.2) is 57.8 Å². The molecule has 0 saturated heterocycles. The number of H-pyrrole nitrogens is 1. The molecule has 0 aliphatic rings. The van der Waals surface area contributed by atoms with Crippen LogP contribution in [0.3, 0.4) is 0 Å².